The highest BCUT2D eigenvalue weighted by molar-refractivity contribution is 8.00. The molecule has 2 amide bonds. The lowest BCUT2D eigenvalue weighted by atomic mass is 9.89. The van der Waals surface area contributed by atoms with E-state index in [1.807, 2.05) is 32.0 Å². The molecular formula is C26H34N4O3S. The highest BCUT2D eigenvalue weighted by atomic mass is 32.2. The number of benzene rings is 2. The lowest BCUT2D eigenvalue weighted by molar-refractivity contribution is -0.130. The first-order chi connectivity index (χ1) is 16.3. The summed E-state index contributed by atoms with van der Waals surface area (Å²) < 4.78 is 5.48. The Morgan fingerprint density at radius 3 is 2.68 bits per heavy atom. The molecule has 182 valence electrons. The molecule has 0 aromatic heterocycles. The van der Waals surface area contributed by atoms with Gasteiger partial charge in [0.05, 0.1) is 18.8 Å². The van der Waals surface area contributed by atoms with Gasteiger partial charge >= 0.3 is 0 Å². The van der Waals surface area contributed by atoms with Gasteiger partial charge in [0.15, 0.2) is 0 Å². The molecule has 7 nitrogen and oxygen atoms in total. The van der Waals surface area contributed by atoms with E-state index in [1.54, 1.807) is 7.11 Å². The molecule has 4 rings (SSSR count). The van der Waals surface area contributed by atoms with Crippen LogP contribution in [0.25, 0.3) is 0 Å². The number of amides is 2. The average Bonchev–Trinajstić information content (AvgIpc) is 2.81. The van der Waals surface area contributed by atoms with E-state index in [9.17, 15) is 9.59 Å². The molecular weight excluding hydrogens is 448 g/mol. The van der Waals surface area contributed by atoms with E-state index in [0.29, 0.717) is 6.54 Å². The van der Waals surface area contributed by atoms with Crippen molar-refractivity contribution in [3.63, 3.8) is 0 Å². The maximum absolute atomic E-state index is 12.9. The highest BCUT2D eigenvalue weighted by Gasteiger charge is 2.40. The average molecular weight is 483 g/mol. The number of nitrogens with zero attached hydrogens (tertiary/aromatic N) is 1. The third-order valence-electron chi connectivity index (χ3n) is 6.58. The van der Waals surface area contributed by atoms with Crippen molar-refractivity contribution in [2.45, 2.75) is 45.3 Å². The smallest absolute Gasteiger partial charge is 0.234 e. The third-order valence-corrected chi connectivity index (χ3v) is 7.60. The Kier molecular flexibility index (Phi) is 7.80. The topological polar surface area (TPSA) is 82.7 Å². The second-order valence-corrected chi connectivity index (χ2v) is 10.3. The molecule has 2 aromatic carbocycles. The van der Waals surface area contributed by atoms with Crippen LogP contribution in [-0.2, 0) is 16.1 Å². The van der Waals surface area contributed by atoms with Crippen LogP contribution in [0.4, 0.5) is 5.69 Å². The number of ether oxygens (including phenoxy) is 1. The van der Waals surface area contributed by atoms with Crippen LogP contribution in [0.2, 0.25) is 0 Å². The summed E-state index contributed by atoms with van der Waals surface area (Å²) in [5.74, 6) is 1.03. The second kappa shape index (κ2) is 10.8. The first kappa shape index (κ1) is 24.6. The van der Waals surface area contributed by atoms with Gasteiger partial charge in [0.2, 0.25) is 11.8 Å². The molecule has 8 heteroatoms. The zero-order chi connectivity index (χ0) is 24.2. The molecule has 2 aromatic rings. The van der Waals surface area contributed by atoms with Crippen LogP contribution in [-0.4, -0.2) is 54.2 Å². The number of fused-ring (bicyclic) bond motifs is 1. The number of methoxy groups -OCH3 is 1. The summed E-state index contributed by atoms with van der Waals surface area (Å²) in [5.41, 5.74) is 5.04. The minimum Gasteiger partial charge on any atom is -0.496 e. The SMILES string of the molecule is COc1ccccc1CN1CCC2NC(SCC(=O)Nc3c(C)cc(C)cc3C)NC(=O)C2C1. The number of likely N-dealkylation sites (tertiary alicyclic amines) is 1. The summed E-state index contributed by atoms with van der Waals surface area (Å²) in [6.45, 7) is 8.43. The predicted octanol–water partition coefficient (Wildman–Crippen LogP) is 3.19. The molecule has 3 N–H and O–H groups in total. The van der Waals surface area contributed by atoms with Gasteiger partial charge in [-0.15, -0.1) is 11.8 Å². The predicted molar refractivity (Wildman–Crippen MR) is 137 cm³/mol. The Bertz CT molecular complexity index is 1040. The number of thioether (sulfide) groups is 1. The number of piperidine rings is 1. The fourth-order valence-electron chi connectivity index (χ4n) is 4.98. The number of para-hydroxylation sites is 1. The van der Waals surface area contributed by atoms with Gasteiger partial charge in [0.25, 0.3) is 0 Å². The van der Waals surface area contributed by atoms with Crippen LogP contribution in [0.3, 0.4) is 0 Å². The molecule has 0 saturated carbocycles. The van der Waals surface area contributed by atoms with Gasteiger partial charge < -0.3 is 15.4 Å². The summed E-state index contributed by atoms with van der Waals surface area (Å²) in [5, 5.41) is 9.63. The molecule has 0 bridgehead atoms. The van der Waals surface area contributed by atoms with E-state index < -0.39 is 0 Å². The Labute approximate surface area is 206 Å². The summed E-state index contributed by atoms with van der Waals surface area (Å²) in [6, 6.07) is 12.3. The lowest BCUT2D eigenvalue weighted by Gasteiger charge is -2.43. The molecule has 3 atom stereocenters. The van der Waals surface area contributed by atoms with Crippen molar-refractivity contribution in [1.82, 2.24) is 15.5 Å². The van der Waals surface area contributed by atoms with Gasteiger partial charge in [-0.25, -0.2) is 0 Å². The van der Waals surface area contributed by atoms with E-state index in [-0.39, 0.29) is 35.0 Å². The van der Waals surface area contributed by atoms with Crippen LogP contribution >= 0.6 is 11.8 Å². The van der Waals surface area contributed by atoms with E-state index in [4.69, 9.17) is 4.74 Å². The molecule has 0 radical (unpaired) electrons. The normalized spacial score (nSPS) is 22.6. The number of rotatable bonds is 7. The number of carbonyl (C=O) groups is 2. The number of hydrogen-bond acceptors (Lipinski definition) is 6. The Hall–Kier alpha value is -2.55. The van der Waals surface area contributed by atoms with Crippen molar-refractivity contribution in [2.75, 3.05) is 31.3 Å². The summed E-state index contributed by atoms with van der Waals surface area (Å²) >= 11 is 1.42. The quantitative estimate of drug-likeness (QED) is 0.562. The van der Waals surface area contributed by atoms with Crippen LogP contribution in [0, 0.1) is 26.7 Å². The third kappa shape index (κ3) is 5.74. The zero-order valence-corrected chi connectivity index (χ0v) is 21.1. The molecule has 2 heterocycles. The van der Waals surface area contributed by atoms with Crippen molar-refractivity contribution in [1.29, 1.82) is 0 Å². The molecule has 2 aliphatic heterocycles. The van der Waals surface area contributed by atoms with Gasteiger partial charge in [0, 0.05) is 36.9 Å². The maximum Gasteiger partial charge on any atom is 0.234 e. The van der Waals surface area contributed by atoms with Crippen LogP contribution in [0.15, 0.2) is 36.4 Å². The van der Waals surface area contributed by atoms with Crippen molar-refractivity contribution in [3.8, 4) is 5.75 Å². The zero-order valence-electron chi connectivity index (χ0n) is 20.3. The Morgan fingerprint density at radius 1 is 1.21 bits per heavy atom. The van der Waals surface area contributed by atoms with Gasteiger partial charge in [-0.2, -0.15) is 0 Å². The number of carbonyl (C=O) groups excluding carboxylic acids is 2. The van der Waals surface area contributed by atoms with E-state index in [2.05, 4.69) is 46.0 Å². The van der Waals surface area contributed by atoms with Crippen molar-refractivity contribution in [3.05, 3.63) is 58.7 Å². The van der Waals surface area contributed by atoms with Crippen LogP contribution in [0.1, 0.15) is 28.7 Å². The van der Waals surface area contributed by atoms with Gasteiger partial charge in [0.1, 0.15) is 11.2 Å². The van der Waals surface area contributed by atoms with Gasteiger partial charge in [-0.1, -0.05) is 35.9 Å². The summed E-state index contributed by atoms with van der Waals surface area (Å²) in [4.78, 5) is 27.8. The lowest BCUT2D eigenvalue weighted by Crippen LogP contribution is -2.64. The number of hydrogen-bond donors (Lipinski definition) is 3. The molecule has 2 aliphatic rings. The fraction of sp³-hybridized carbons (Fsp3) is 0.462. The minimum atomic E-state index is -0.263. The van der Waals surface area contributed by atoms with E-state index >= 15 is 0 Å². The van der Waals surface area contributed by atoms with Crippen molar-refractivity contribution < 1.29 is 14.3 Å². The number of anilines is 1. The molecule has 0 aliphatic carbocycles. The fourth-order valence-corrected chi connectivity index (χ4v) is 5.84. The molecule has 0 spiro atoms. The minimum absolute atomic E-state index is 0.0524. The second-order valence-electron chi connectivity index (χ2n) is 9.24. The maximum atomic E-state index is 12.9. The highest BCUT2D eigenvalue weighted by Crippen LogP contribution is 2.27. The Balaban J connectivity index is 1.28. The van der Waals surface area contributed by atoms with E-state index in [1.165, 1.54) is 17.3 Å². The van der Waals surface area contributed by atoms with Crippen molar-refractivity contribution in [2.24, 2.45) is 5.92 Å². The number of nitrogens with one attached hydrogen (secondary N) is 3. The van der Waals surface area contributed by atoms with E-state index in [0.717, 1.165) is 47.6 Å². The van der Waals surface area contributed by atoms with Crippen LogP contribution < -0.4 is 20.7 Å². The summed E-state index contributed by atoms with van der Waals surface area (Å²) in [7, 11) is 1.69. The van der Waals surface area contributed by atoms with Crippen LogP contribution in [0.5, 0.6) is 5.75 Å². The monoisotopic (exact) mass is 482 g/mol. The van der Waals surface area contributed by atoms with Crippen molar-refractivity contribution >= 4 is 29.3 Å². The molecule has 34 heavy (non-hydrogen) atoms. The first-order valence-corrected chi connectivity index (χ1v) is 12.8. The molecule has 2 fully saturated rings. The first-order valence-electron chi connectivity index (χ1n) is 11.7. The number of aryl methyl sites for hydroxylation is 3. The van der Waals surface area contributed by atoms with Gasteiger partial charge in [-0.3, -0.25) is 19.8 Å². The Morgan fingerprint density at radius 2 is 1.94 bits per heavy atom. The molecule has 3 unspecified atom stereocenters. The standard InChI is InChI=1S/C26H34N4O3S/c1-16-11-17(2)24(18(3)12-16)28-23(31)15-34-26-27-21-9-10-30(14-20(21)25(32)29-26)13-19-7-5-6-8-22(19)33-4/h5-8,11-12,20-21,26-27H,9-10,13-15H2,1-4H3,(H,28,31)(H,29,32). The molecule has 2 saturated heterocycles. The van der Waals surface area contributed by atoms with Gasteiger partial charge in [-0.05, 0) is 44.4 Å². The summed E-state index contributed by atoms with van der Waals surface area (Å²) in [6.07, 6.45) is 0.887. The largest absolute Gasteiger partial charge is 0.496 e.